The minimum Gasteiger partial charge on any atom is -0.494 e. The summed E-state index contributed by atoms with van der Waals surface area (Å²) >= 11 is 0. The minimum atomic E-state index is 0.567. The van der Waals surface area contributed by atoms with Crippen LogP contribution in [0.5, 0.6) is 5.75 Å². The molecule has 1 aromatic carbocycles. The number of nitrogens with one attached hydrogen (secondary N) is 1. The van der Waals surface area contributed by atoms with E-state index in [0.29, 0.717) is 12.0 Å². The Hall–Kier alpha value is -1.02. The molecule has 0 aliphatic rings. The maximum atomic E-state index is 5.52. The highest BCUT2D eigenvalue weighted by Gasteiger charge is 2.06. The number of rotatable bonds is 7. The summed E-state index contributed by atoms with van der Waals surface area (Å²) in [4.78, 5) is 0. The molecule has 2 nitrogen and oxygen atoms in total. The fourth-order valence-corrected chi connectivity index (χ4v) is 1.83. The summed E-state index contributed by atoms with van der Waals surface area (Å²) in [6, 6.07) is 9.00. The summed E-state index contributed by atoms with van der Waals surface area (Å²) in [6.07, 6.45) is 1.16. The molecule has 0 heterocycles. The van der Waals surface area contributed by atoms with Crippen molar-refractivity contribution in [3.8, 4) is 5.75 Å². The van der Waals surface area contributed by atoms with Crippen LogP contribution in [0.1, 0.15) is 45.6 Å². The lowest BCUT2D eigenvalue weighted by Gasteiger charge is -2.15. The summed E-state index contributed by atoms with van der Waals surface area (Å²) in [5.41, 5.74) is 1.36. The smallest absolute Gasteiger partial charge is 0.119 e. The molecule has 1 atom stereocenters. The zero-order chi connectivity index (χ0) is 12.7. The lowest BCUT2D eigenvalue weighted by Crippen LogP contribution is -2.24. The van der Waals surface area contributed by atoms with Crippen LogP contribution in [0.3, 0.4) is 0 Å². The Morgan fingerprint density at radius 1 is 1.24 bits per heavy atom. The Balaban J connectivity index is 2.50. The van der Waals surface area contributed by atoms with Gasteiger partial charge in [-0.15, -0.1) is 0 Å². The maximum Gasteiger partial charge on any atom is 0.119 e. The Morgan fingerprint density at radius 2 is 2.00 bits per heavy atom. The molecule has 1 aromatic rings. The third kappa shape index (κ3) is 5.22. The van der Waals surface area contributed by atoms with Gasteiger partial charge >= 0.3 is 0 Å². The van der Waals surface area contributed by atoms with Crippen LogP contribution in [0.25, 0.3) is 0 Å². The molecule has 0 bridgehead atoms. The van der Waals surface area contributed by atoms with Gasteiger partial charge in [0.2, 0.25) is 0 Å². The first kappa shape index (κ1) is 14.0. The van der Waals surface area contributed by atoms with Gasteiger partial charge in [0.25, 0.3) is 0 Å². The first-order valence-electron chi connectivity index (χ1n) is 6.59. The quantitative estimate of drug-likeness (QED) is 0.780. The molecule has 17 heavy (non-hydrogen) atoms. The predicted octanol–water partition coefficient (Wildman–Crippen LogP) is 3.58. The Bertz CT molecular complexity index is 322. The van der Waals surface area contributed by atoms with Crippen molar-refractivity contribution in [1.29, 1.82) is 0 Å². The van der Waals surface area contributed by atoms with Crippen LogP contribution in [0.4, 0.5) is 0 Å². The standard InChI is InChI=1S/C15H25NO/c1-5-17-15-8-6-7-14(11-15)13(4)9-10-16-12(2)3/h6-8,11-13,16H,5,9-10H2,1-4H3. The highest BCUT2D eigenvalue weighted by molar-refractivity contribution is 5.30. The van der Waals surface area contributed by atoms with E-state index in [0.717, 1.165) is 25.3 Å². The molecule has 0 aliphatic carbocycles. The summed E-state index contributed by atoms with van der Waals surface area (Å²) in [5.74, 6) is 1.55. The number of ether oxygens (including phenoxy) is 1. The van der Waals surface area contributed by atoms with E-state index in [-0.39, 0.29) is 0 Å². The summed E-state index contributed by atoms with van der Waals surface area (Å²) in [7, 11) is 0. The van der Waals surface area contributed by atoms with Gasteiger partial charge in [0.05, 0.1) is 6.61 Å². The number of hydrogen-bond donors (Lipinski definition) is 1. The molecule has 0 spiro atoms. The van der Waals surface area contributed by atoms with Crippen molar-refractivity contribution in [3.63, 3.8) is 0 Å². The normalized spacial score (nSPS) is 12.8. The van der Waals surface area contributed by atoms with Crippen LogP contribution in [-0.2, 0) is 0 Å². The predicted molar refractivity (Wildman–Crippen MR) is 73.8 cm³/mol. The molecule has 0 fully saturated rings. The molecule has 2 heteroatoms. The van der Waals surface area contributed by atoms with E-state index in [1.807, 2.05) is 13.0 Å². The maximum absolute atomic E-state index is 5.52. The minimum absolute atomic E-state index is 0.567. The molecule has 1 N–H and O–H groups in total. The third-order valence-corrected chi connectivity index (χ3v) is 2.87. The Kier molecular flexibility index (Phi) is 6.06. The zero-order valence-corrected chi connectivity index (χ0v) is 11.5. The molecule has 0 aromatic heterocycles. The van der Waals surface area contributed by atoms with Crippen LogP contribution in [0.2, 0.25) is 0 Å². The van der Waals surface area contributed by atoms with Gasteiger partial charge < -0.3 is 10.1 Å². The van der Waals surface area contributed by atoms with Crippen LogP contribution in [0.15, 0.2) is 24.3 Å². The number of hydrogen-bond acceptors (Lipinski definition) is 2. The van der Waals surface area contributed by atoms with Crippen molar-refractivity contribution in [2.75, 3.05) is 13.2 Å². The summed E-state index contributed by atoms with van der Waals surface area (Å²) in [5, 5.41) is 3.45. The van der Waals surface area contributed by atoms with Crippen LogP contribution >= 0.6 is 0 Å². The van der Waals surface area contributed by atoms with Crippen molar-refractivity contribution in [3.05, 3.63) is 29.8 Å². The van der Waals surface area contributed by atoms with Gasteiger partial charge in [-0.1, -0.05) is 32.9 Å². The van der Waals surface area contributed by atoms with Crippen LogP contribution in [-0.4, -0.2) is 19.2 Å². The average molecular weight is 235 g/mol. The van der Waals surface area contributed by atoms with Crippen molar-refractivity contribution >= 4 is 0 Å². The van der Waals surface area contributed by atoms with Crippen molar-refractivity contribution < 1.29 is 4.74 Å². The van der Waals surface area contributed by atoms with Crippen molar-refractivity contribution in [1.82, 2.24) is 5.32 Å². The number of benzene rings is 1. The Labute approximate surface area is 105 Å². The lowest BCUT2D eigenvalue weighted by molar-refractivity contribution is 0.339. The fraction of sp³-hybridized carbons (Fsp3) is 0.600. The average Bonchev–Trinajstić information content (AvgIpc) is 2.29. The second-order valence-corrected chi connectivity index (χ2v) is 4.80. The van der Waals surface area contributed by atoms with Crippen LogP contribution < -0.4 is 10.1 Å². The van der Waals surface area contributed by atoms with E-state index in [2.05, 4.69) is 44.3 Å². The molecular formula is C15H25NO. The largest absolute Gasteiger partial charge is 0.494 e. The van der Waals surface area contributed by atoms with Crippen molar-refractivity contribution in [2.45, 2.75) is 46.1 Å². The molecule has 0 radical (unpaired) electrons. The van der Waals surface area contributed by atoms with Gasteiger partial charge in [-0.25, -0.2) is 0 Å². The monoisotopic (exact) mass is 235 g/mol. The van der Waals surface area contributed by atoms with Crippen molar-refractivity contribution in [2.24, 2.45) is 0 Å². The van der Waals surface area contributed by atoms with E-state index < -0.39 is 0 Å². The van der Waals surface area contributed by atoms with Gasteiger partial charge in [-0.3, -0.25) is 0 Å². The topological polar surface area (TPSA) is 21.3 Å². The highest BCUT2D eigenvalue weighted by atomic mass is 16.5. The second kappa shape index (κ2) is 7.33. The van der Waals surface area contributed by atoms with E-state index >= 15 is 0 Å². The highest BCUT2D eigenvalue weighted by Crippen LogP contribution is 2.22. The first-order chi connectivity index (χ1) is 8.13. The van der Waals surface area contributed by atoms with E-state index in [1.54, 1.807) is 0 Å². The molecule has 1 unspecified atom stereocenters. The third-order valence-electron chi connectivity index (χ3n) is 2.87. The van der Waals surface area contributed by atoms with Gasteiger partial charge in [-0.2, -0.15) is 0 Å². The molecule has 0 saturated carbocycles. The van der Waals surface area contributed by atoms with E-state index in [4.69, 9.17) is 4.74 Å². The SMILES string of the molecule is CCOc1cccc(C(C)CCNC(C)C)c1. The molecule has 0 amide bonds. The molecule has 1 rings (SSSR count). The van der Waals surface area contributed by atoms with Gasteiger partial charge in [0.15, 0.2) is 0 Å². The van der Waals surface area contributed by atoms with Crippen LogP contribution in [0, 0.1) is 0 Å². The fourth-order valence-electron chi connectivity index (χ4n) is 1.83. The lowest BCUT2D eigenvalue weighted by atomic mass is 9.97. The summed E-state index contributed by atoms with van der Waals surface area (Å²) < 4.78 is 5.52. The van der Waals surface area contributed by atoms with Gasteiger partial charge in [-0.05, 0) is 43.5 Å². The summed E-state index contributed by atoms with van der Waals surface area (Å²) in [6.45, 7) is 10.4. The van der Waals surface area contributed by atoms with Gasteiger partial charge in [0, 0.05) is 6.04 Å². The first-order valence-corrected chi connectivity index (χ1v) is 6.59. The second-order valence-electron chi connectivity index (χ2n) is 4.80. The van der Waals surface area contributed by atoms with E-state index in [9.17, 15) is 0 Å². The molecule has 0 saturated heterocycles. The Morgan fingerprint density at radius 3 is 2.65 bits per heavy atom. The van der Waals surface area contributed by atoms with E-state index in [1.165, 1.54) is 5.56 Å². The molecular weight excluding hydrogens is 210 g/mol. The molecule has 96 valence electrons. The molecule has 0 aliphatic heterocycles. The zero-order valence-electron chi connectivity index (χ0n) is 11.5. The van der Waals surface area contributed by atoms with Gasteiger partial charge in [0.1, 0.15) is 5.75 Å².